The van der Waals surface area contributed by atoms with Crippen molar-refractivity contribution < 1.29 is 80.2 Å². The largest absolute Gasteiger partial charge is 0.472 e. The number of ether oxygens (including phenoxy) is 4. The van der Waals surface area contributed by atoms with Crippen LogP contribution in [0.25, 0.3) is 0 Å². The van der Waals surface area contributed by atoms with Crippen LogP contribution in [0.3, 0.4) is 0 Å². The van der Waals surface area contributed by atoms with E-state index in [9.17, 15) is 43.2 Å². The first-order valence-electron chi connectivity index (χ1n) is 35.5. The minimum absolute atomic E-state index is 0.106. The van der Waals surface area contributed by atoms with Crippen molar-refractivity contribution in [3.63, 3.8) is 0 Å². The molecule has 0 aromatic rings. The summed E-state index contributed by atoms with van der Waals surface area (Å²) in [5.74, 6) is -0.604. The molecule has 0 aliphatic heterocycles. The molecule has 17 nitrogen and oxygen atoms in total. The molecule has 3 N–H and O–H groups in total. The number of carbonyl (C=O) groups excluding carboxylic acids is 4. The maximum Gasteiger partial charge on any atom is 0.472 e. The van der Waals surface area contributed by atoms with Gasteiger partial charge in [-0.15, -0.1) is 0 Å². The maximum atomic E-state index is 13.0. The Balaban J connectivity index is 5.23. The predicted octanol–water partition coefficient (Wildman–Crippen LogP) is 19.2. The number of aliphatic hydroxyl groups is 1. The molecular weight excluding hydrogens is 1150 g/mol. The second-order valence-electron chi connectivity index (χ2n) is 25.5. The molecule has 516 valence electrons. The van der Waals surface area contributed by atoms with Gasteiger partial charge in [-0.1, -0.05) is 292 Å². The van der Waals surface area contributed by atoms with Gasteiger partial charge in [-0.2, -0.15) is 0 Å². The zero-order valence-corrected chi connectivity index (χ0v) is 58.1. The van der Waals surface area contributed by atoms with Crippen LogP contribution in [0.2, 0.25) is 0 Å². The summed E-state index contributed by atoms with van der Waals surface area (Å²) in [6.07, 6.45) is 44.4. The van der Waals surface area contributed by atoms with Gasteiger partial charge >= 0.3 is 39.5 Å². The average Bonchev–Trinajstić information content (AvgIpc) is 3.69. The van der Waals surface area contributed by atoms with E-state index >= 15 is 0 Å². The van der Waals surface area contributed by atoms with Gasteiger partial charge in [-0.05, 0) is 37.5 Å². The van der Waals surface area contributed by atoms with E-state index in [4.69, 9.17) is 37.0 Å². The number of phosphoric ester groups is 2. The molecule has 0 radical (unpaired) electrons. The Morgan fingerprint density at radius 1 is 0.310 bits per heavy atom. The third-order valence-electron chi connectivity index (χ3n) is 15.7. The Hall–Kier alpha value is -1.94. The third-order valence-corrected chi connectivity index (χ3v) is 17.6. The molecule has 87 heavy (non-hydrogen) atoms. The molecule has 2 unspecified atom stereocenters. The van der Waals surface area contributed by atoms with E-state index in [1.54, 1.807) is 0 Å². The first kappa shape index (κ1) is 85.1. The van der Waals surface area contributed by atoms with Crippen molar-refractivity contribution in [2.45, 2.75) is 362 Å². The van der Waals surface area contributed by atoms with E-state index in [0.29, 0.717) is 25.7 Å². The molecule has 0 amide bonds. The topological polar surface area (TPSA) is 237 Å². The number of hydrogen-bond donors (Lipinski definition) is 3. The SMILES string of the molecule is CCCCCCCCCCCCCCC(=O)O[C@H](COC(=O)CCCCCCCCCC)COP(=O)(O)OC[C@H](O)COP(=O)(O)OC[C@@H](COC(=O)CCCCCCCCCCCCC(C)C)OC(=O)CCCCCCCCCCCCCC(C)C. The van der Waals surface area contributed by atoms with Crippen LogP contribution in [-0.2, 0) is 65.4 Å². The first-order valence-corrected chi connectivity index (χ1v) is 38.5. The molecule has 0 saturated carbocycles. The second kappa shape index (κ2) is 60.3. The van der Waals surface area contributed by atoms with Gasteiger partial charge in [0.2, 0.25) is 0 Å². The Morgan fingerprint density at radius 3 is 0.782 bits per heavy atom. The van der Waals surface area contributed by atoms with E-state index in [0.717, 1.165) is 108 Å². The van der Waals surface area contributed by atoms with Crippen molar-refractivity contribution in [3.05, 3.63) is 0 Å². The van der Waals surface area contributed by atoms with Gasteiger partial charge in [0, 0.05) is 25.7 Å². The van der Waals surface area contributed by atoms with Gasteiger partial charge in [0.15, 0.2) is 12.2 Å². The number of unbranched alkanes of at least 4 members (excludes halogenated alkanes) is 37. The molecule has 0 aliphatic carbocycles. The van der Waals surface area contributed by atoms with E-state index in [2.05, 4.69) is 41.5 Å². The van der Waals surface area contributed by atoms with Crippen LogP contribution >= 0.6 is 15.6 Å². The maximum absolute atomic E-state index is 13.0. The summed E-state index contributed by atoms with van der Waals surface area (Å²) in [5, 5.41) is 10.6. The summed E-state index contributed by atoms with van der Waals surface area (Å²) in [5.41, 5.74) is 0. The monoisotopic (exact) mass is 1280 g/mol. The van der Waals surface area contributed by atoms with Crippen LogP contribution in [0, 0.1) is 11.8 Å². The standard InChI is InChI=1S/C68H132O17P2/c1-7-9-11-13-15-17-18-21-28-34-40-46-52-67(72)84-63(56-78-65(70)50-44-38-32-16-14-12-10-8-2)58-82-86(74,75)80-54-62(69)55-81-87(76,77)83-59-64(57-79-66(71)51-45-39-33-27-24-23-26-31-37-43-49-61(5)6)85-68(73)53-47-41-35-29-22-19-20-25-30-36-42-48-60(3)4/h60-64,69H,7-59H2,1-6H3,(H,74,75)(H,76,77)/t62-,63+,64+/m0/s1. The molecular formula is C68H132O17P2. The molecule has 0 aliphatic rings. The zero-order valence-electron chi connectivity index (χ0n) is 56.3. The van der Waals surface area contributed by atoms with Crippen molar-refractivity contribution in [2.75, 3.05) is 39.6 Å². The average molecular weight is 1280 g/mol. The highest BCUT2D eigenvalue weighted by Crippen LogP contribution is 2.45. The second-order valence-corrected chi connectivity index (χ2v) is 28.4. The zero-order chi connectivity index (χ0) is 64.3. The van der Waals surface area contributed by atoms with Crippen molar-refractivity contribution >= 4 is 39.5 Å². The van der Waals surface area contributed by atoms with Crippen LogP contribution in [0.4, 0.5) is 0 Å². The highest BCUT2D eigenvalue weighted by Gasteiger charge is 2.30. The first-order chi connectivity index (χ1) is 41.9. The number of aliphatic hydroxyl groups excluding tert-OH is 1. The smallest absolute Gasteiger partial charge is 0.462 e. The molecule has 0 saturated heterocycles. The predicted molar refractivity (Wildman–Crippen MR) is 349 cm³/mol. The number of carbonyl (C=O) groups is 4. The lowest BCUT2D eigenvalue weighted by molar-refractivity contribution is -0.161. The van der Waals surface area contributed by atoms with Gasteiger partial charge in [0.25, 0.3) is 0 Å². The number of hydrogen-bond acceptors (Lipinski definition) is 15. The lowest BCUT2D eigenvalue weighted by Gasteiger charge is -2.21. The van der Waals surface area contributed by atoms with Crippen LogP contribution in [0.1, 0.15) is 343 Å². The summed E-state index contributed by atoms with van der Waals surface area (Å²) in [6, 6.07) is 0. The van der Waals surface area contributed by atoms with E-state index < -0.39 is 97.5 Å². The quantitative estimate of drug-likeness (QED) is 0.0222. The van der Waals surface area contributed by atoms with Gasteiger partial charge < -0.3 is 33.8 Å². The minimum Gasteiger partial charge on any atom is -0.462 e. The molecule has 0 spiro atoms. The third kappa shape index (κ3) is 62.6. The van der Waals surface area contributed by atoms with Gasteiger partial charge in [-0.3, -0.25) is 37.3 Å². The fourth-order valence-corrected chi connectivity index (χ4v) is 11.8. The van der Waals surface area contributed by atoms with Gasteiger partial charge in [-0.25, -0.2) is 9.13 Å². The molecule has 0 bridgehead atoms. The summed E-state index contributed by atoms with van der Waals surface area (Å²) in [4.78, 5) is 72.4. The van der Waals surface area contributed by atoms with Crippen LogP contribution in [0.5, 0.6) is 0 Å². The van der Waals surface area contributed by atoms with Crippen molar-refractivity contribution in [2.24, 2.45) is 11.8 Å². The fraction of sp³-hybridized carbons (Fsp3) is 0.941. The van der Waals surface area contributed by atoms with E-state index in [1.807, 2.05) is 0 Å². The molecule has 0 rings (SSSR count). The summed E-state index contributed by atoms with van der Waals surface area (Å²) < 4.78 is 68.1. The van der Waals surface area contributed by atoms with Gasteiger partial charge in [0.05, 0.1) is 26.4 Å². The Bertz CT molecular complexity index is 1700. The number of phosphoric acid groups is 2. The van der Waals surface area contributed by atoms with Crippen LogP contribution in [0.15, 0.2) is 0 Å². The number of esters is 4. The Morgan fingerprint density at radius 2 is 0.529 bits per heavy atom. The van der Waals surface area contributed by atoms with Crippen molar-refractivity contribution in [1.29, 1.82) is 0 Å². The lowest BCUT2D eigenvalue weighted by atomic mass is 10.0. The van der Waals surface area contributed by atoms with Crippen molar-refractivity contribution in [1.82, 2.24) is 0 Å². The highest BCUT2D eigenvalue weighted by molar-refractivity contribution is 7.47. The minimum atomic E-state index is -4.95. The molecule has 0 aromatic carbocycles. The van der Waals surface area contributed by atoms with Crippen LogP contribution in [-0.4, -0.2) is 96.7 Å². The lowest BCUT2D eigenvalue weighted by Crippen LogP contribution is -2.30. The van der Waals surface area contributed by atoms with E-state index in [1.165, 1.54) is 154 Å². The summed E-state index contributed by atoms with van der Waals surface area (Å²) in [6.45, 7) is 9.50. The molecule has 19 heteroatoms. The summed E-state index contributed by atoms with van der Waals surface area (Å²) in [7, 11) is -9.89. The normalized spacial score (nSPS) is 14.2. The van der Waals surface area contributed by atoms with Crippen LogP contribution < -0.4 is 0 Å². The Kier molecular flexibility index (Phi) is 59.0. The molecule has 0 aromatic heterocycles. The summed E-state index contributed by atoms with van der Waals surface area (Å²) >= 11 is 0. The Labute approximate surface area is 530 Å². The molecule has 0 fully saturated rings. The molecule has 5 atom stereocenters. The van der Waals surface area contributed by atoms with E-state index in [-0.39, 0.29) is 25.7 Å². The van der Waals surface area contributed by atoms with Gasteiger partial charge in [0.1, 0.15) is 19.3 Å². The number of rotatable bonds is 67. The van der Waals surface area contributed by atoms with Crippen molar-refractivity contribution in [3.8, 4) is 0 Å². The molecule has 0 heterocycles. The fourth-order valence-electron chi connectivity index (χ4n) is 10.2. The highest BCUT2D eigenvalue weighted by atomic mass is 31.2.